The molecule has 0 atom stereocenters. The molecule has 0 radical (unpaired) electrons. The third-order valence-electron chi connectivity index (χ3n) is 2.97. The lowest BCUT2D eigenvalue weighted by molar-refractivity contribution is -0.141. The molecule has 1 aromatic carbocycles. The number of hydrogen-bond acceptors (Lipinski definition) is 3. The number of ether oxygens (including phenoxy) is 1. The van der Waals surface area contributed by atoms with Crippen LogP contribution in [0.1, 0.15) is 45.4 Å². The minimum atomic E-state index is -0.183. The number of esters is 1. The molecule has 114 valence electrons. The van der Waals surface area contributed by atoms with Gasteiger partial charge in [-0.05, 0) is 18.6 Å². The SMILES string of the molecule is CCCCCCCCOC(=O)CNc1ccccc1.Cl. The average molecular weight is 300 g/mol. The number of anilines is 1. The lowest BCUT2D eigenvalue weighted by Crippen LogP contribution is -2.17. The second-order valence-corrected chi connectivity index (χ2v) is 4.71. The molecule has 0 bridgehead atoms. The Balaban J connectivity index is 0.00000361. The van der Waals surface area contributed by atoms with E-state index in [2.05, 4.69) is 12.2 Å². The molecule has 3 nitrogen and oxygen atoms in total. The number of carbonyl (C=O) groups is 1. The fourth-order valence-electron chi connectivity index (χ4n) is 1.85. The minimum Gasteiger partial charge on any atom is -0.464 e. The number of unbranched alkanes of at least 4 members (excludes halogenated alkanes) is 5. The van der Waals surface area contributed by atoms with Crippen LogP contribution in [-0.4, -0.2) is 19.1 Å². The summed E-state index contributed by atoms with van der Waals surface area (Å²) in [5, 5.41) is 3.04. The molecule has 0 amide bonds. The minimum absolute atomic E-state index is 0. The van der Waals surface area contributed by atoms with Crippen LogP contribution >= 0.6 is 12.4 Å². The standard InChI is InChI=1S/C16H25NO2.ClH/c1-2-3-4-5-6-10-13-19-16(18)14-17-15-11-8-7-9-12-15;/h7-9,11-12,17H,2-6,10,13-14H2,1H3;1H. The fourth-order valence-corrected chi connectivity index (χ4v) is 1.85. The molecule has 20 heavy (non-hydrogen) atoms. The first-order valence-corrected chi connectivity index (χ1v) is 7.27. The number of benzene rings is 1. The number of rotatable bonds is 10. The Labute approximate surface area is 128 Å². The molecule has 0 aliphatic rings. The van der Waals surface area contributed by atoms with Crippen molar-refractivity contribution in [1.29, 1.82) is 0 Å². The highest BCUT2D eigenvalue weighted by Crippen LogP contribution is 2.06. The highest BCUT2D eigenvalue weighted by atomic mass is 35.5. The Bertz CT molecular complexity index is 344. The number of halogens is 1. The van der Waals surface area contributed by atoms with E-state index in [4.69, 9.17) is 4.74 Å². The molecule has 1 N–H and O–H groups in total. The predicted octanol–water partition coefficient (Wildman–Crippen LogP) is 4.42. The second kappa shape index (κ2) is 12.8. The Kier molecular flexibility index (Phi) is 12.0. The van der Waals surface area contributed by atoms with Gasteiger partial charge >= 0.3 is 5.97 Å². The van der Waals surface area contributed by atoms with Gasteiger partial charge in [-0.25, -0.2) is 0 Å². The molecule has 0 spiro atoms. The van der Waals surface area contributed by atoms with Gasteiger partial charge in [0, 0.05) is 5.69 Å². The van der Waals surface area contributed by atoms with E-state index in [-0.39, 0.29) is 24.9 Å². The predicted molar refractivity (Wildman–Crippen MR) is 86.5 cm³/mol. The van der Waals surface area contributed by atoms with E-state index in [1.165, 1.54) is 25.7 Å². The van der Waals surface area contributed by atoms with Gasteiger partial charge in [0.2, 0.25) is 0 Å². The zero-order chi connectivity index (χ0) is 13.8. The first-order chi connectivity index (χ1) is 9.33. The van der Waals surface area contributed by atoms with Crippen LogP contribution in [0.2, 0.25) is 0 Å². The first kappa shape index (κ1) is 18.8. The van der Waals surface area contributed by atoms with Gasteiger partial charge in [0.15, 0.2) is 0 Å². The van der Waals surface area contributed by atoms with E-state index in [1.807, 2.05) is 30.3 Å². The van der Waals surface area contributed by atoms with Crippen molar-refractivity contribution in [3.05, 3.63) is 30.3 Å². The number of hydrogen-bond donors (Lipinski definition) is 1. The van der Waals surface area contributed by atoms with Gasteiger partial charge in [-0.1, -0.05) is 57.2 Å². The van der Waals surface area contributed by atoms with E-state index in [0.717, 1.165) is 18.5 Å². The summed E-state index contributed by atoms with van der Waals surface area (Å²) in [4.78, 5) is 11.5. The molecule has 1 rings (SSSR count). The normalized spacial score (nSPS) is 9.65. The van der Waals surface area contributed by atoms with Crippen LogP contribution in [0.15, 0.2) is 30.3 Å². The summed E-state index contributed by atoms with van der Waals surface area (Å²) in [7, 11) is 0. The third kappa shape index (κ3) is 9.68. The van der Waals surface area contributed by atoms with Crippen LogP contribution < -0.4 is 5.32 Å². The molecule has 0 saturated heterocycles. The molecule has 0 fully saturated rings. The summed E-state index contributed by atoms with van der Waals surface area (Å²) >= 11 is 0. The van der Waals surface area contributed by atoms with Gasteiger partial charge in [0.25, 0.3) is 0 Å². The summed E-state index contributed by atoms with van der Waals surface area (Å²) in [6, 6.07) is 9.68. The van der Waals surface area contributed by atoms with Gasteiger partial charge < -0.3 is 10.1 Å². The first-order valence-electron chi connectivity index (χ1n) is 7.27. The van der Waals surface area contributed by atoms with Crippen LogP contribution in [0.25, 0.3) is 0 Å². The van der Waals surface area contributed by atoms with Crippen molar-refractivity contribution >= 4 is 24.1 Å². The molecule has 4 heteroatoms. The maximum absolute atomic E-state index is 11.5. The van der Waals surface area contributed by atoms with Crippen LogP contribution in [0, 0.1) is 0 Å². The van der Waals surface area contributed by atoms with E-state index in [0.29, 0.717) is 6.61 Å². The van der Waals surface area contributed by atoms with Crippen LogP contribution in [0.5, 0.6) is 0 Å². The number of para-hydroxylation sites is 1. The van der Waals surface area contributed by atoms with Gasteiger partial charge in [0.1, 0.15) is 6.54 Å². The summed E-state index contributed by atoms with van der Waals surface area (Å²) in [6.07, 6.45) is 7.23. The van der Waals surface area contributed by atoms with Crippen molar-refractivity contribution in [2.24, 2.45) is 0 Å². The van der Waals surface area contributed by atoms with Gasteiger partial charge in [0.05, 0.1) is 6.61 Å². The largest absolute Gasteiger partial charge is 0.464 e. The highest BCUT2D eigenvalue weighted by Gasteiger charge is 2.01. The van der Waals surface area contributed by atoms with E-state index in [9.17, 15) is 4.79 Å². The molecule has 0 saturated carbocycles. The van der Waals surface area contributed by atoms with Gasteiger partial charge in [-0.3, -0.25) is 4.79 Å². The average Bonchev–Trinajstić information content (AvgIpc) is 2.45. The summed E-state index contributed by atoms with van der Waals surface area (Å²) in [5.41, 5.74) is 0.944. The lowest BCUT2D eigenvalue weighted by atomic mass is 10.1. The van der Waals surface area contributed by atoms with Crippen molar-refractivity contribution in [2.45, 2.75) is 45.4 Å². The Hall–Kier alpha value is -1.22. The molecule has 0 aromatic heterocycles. The third-order valence-corrected chi connectivity index (χ3v) is 2.97. The molecule has 1 aromatic rings. The van der Waals surface area contributed by atoms with E-state index in [1.54, 1.807) is 0 Å². The van der Waals surface area contributed by atoms with Crippen molar-refractivity contribution < 1.29 is 9.53 Å². The number of nitrogens with one attached hydrogen (secondary N) is 1. The highest BCUT2D eigenvalue weighted by molar-refractivity contribution is 5.85. The monoisotopic (exact) mass is 299 g/mol. The van der Waals surface area contributed by atoms with Gasteiger partial charge in [-0.2, -0.15) is 0 Å². The molecule has 0 aliphatic carbocycles. The van der Waals surface area contributed by atoms with Crippen molar-refractivity contribution in [2.75, 3.05) is 18.5 Å². The Morgan fingerprint density at radius 3 is 2.40 bits per heavy atom. The molecule has 0 heterocycles. The zero-order valence-electron chi connectivity index (χ0n) is 12.3. The maximum Gasteiger partial charge on any atom is 0.325 e. The van der Waals surface area contributed by atoms with Crippen molar-refractivity contribution in [1.82, 2.24) is 0 Å². The number of carbonyl (C=O) groups excluding carboxylic acids is 1. The lowest BCUT2D eigenvalue weighted by Gasteiger charge is -2.07. The summed E-state index contributed by atoms with van der Waals surface area (Å²) in [5.74, 6) is -0.183. The van der Waals surface area contributed by atoms with Crippen LogP contribution in [0.4, 0.5) is 5.69 Å². The quantitative estimate of drug-likeness (QED) is 0.513. The summed E-state index contributed by atoms with van der Waals surface area (Å²) < 4.78 is 5.17. The molecular weight excluding hydrogens is 274 g/mol. The van der Waals surface area contributed by atoms with Crippen molar-refractivity contribution in [3.8, 4) is 0 Å². The Morgan fingerprint density at radius 2 is 1.70 bits per heavy atom. The van der Waals surface area contributed by atoms with Gasteiger partial charge in [-0.15, -0.1) is 12.4 Å². The van der Waals surface area contributed by atoms with Crippen molar-refractivity contribution in [3.63, 3.8) is 0 Å². The summed E-state index contributed by atoms with van der Waals surface area (Å²) in [6.45, 7) is 2.99. The molecule has 0 unspecified atom stereocenters. The zero-order valence-corrected chi connectivity index (χ0v) is 13.1. The topological polar surface area (TPSA) is 38.3 Å². The van der Waals surface area contributed by atoms with Crippen LogP contribution in [-0.2, 0) is 9.53 Å². The molecular formula is C16H26ClNO2. The Morgan fingerprint density at radius 1 is 1.05 bits per heavy atom. The van der Waals surface area contributed by atoms with E-state index >= 15 is 0 Å². The maximum atomic E-state index is 11.5. The second-order valence-electron chi connectivity index (χ2n) is 4.71. The fraction of sp³-hybridized carbons (Fsp3) is 0.562. The van der Waals surface area contributed by atoms with Crippen LogP contribution in [0.3, 0.4) is 0 Å². The molecule has 0 aliphatic heterocycles. The van der Waals surface area contributed by atoms with E-state index < -0.39 is 0 Å². The smallest absolute Gasteiger partial charge is 0.325 e.